The summed E-state index contributed by atoms with van der Waals surface area (Å²) in [6, 6.07) is 16.7. The number of Topliss-reactive ketones (excluding diaryl/α,β-unsaturated/α-hetero) is 1. The highest BCUT2D eigenvalue weighted by Crippen LogP contribution is 2.49. The van der Waals surface area contributed by atoms with Crippen LogP contribution in [0.1, 0.15) is 55.5 Å². The van der Waals surface area contributed by atoms with E-state index in [-0.39, 0.29) is 43.7 Å². The molecular weight excluding hydrogens is 577 g/mol. The summed E-state index contributed by atoms with van der Waals surface area (Å²) in [7, 11) is -2.47. The molecule has 2 N–H and O–H groups in total. The number of carbonyl (C=O) groups is 4. The van der Waals surface area contributed by atoms with Crippen LogP contribution in [0.25, 0.3) is 10.8 Å². The minimum absolute atomic E-state index is 0.102. The van der Waals surface area contributed by atoms with E-state index in [0.29, 0.717) is 27.6 Å². The number of carboxylic acid groups (broad SMARTS) is 1. The fourth-order valence-corrected chi connectivity index (χ4v) is 5.91. The molecule has 0 aromatic heterocycles. The van der Waals surface area contributed by atoms with Crippen LogP contribution >= 0.6 is 7.60 Å². The summed E-state index contributed by atoms with van der Waals surface area (Å²) in [6.45, 7) is 4.64. The van der Waals surface area contributed by atoms with E-state index < -0.39 is 37.5 Å². The van der Waals surface area contributed by atoms with Gasteiger partial charge >= 0.3 is 19.5 Å². The first-order chi connectivity index (χ1) is 20.5. The van der Waals surface area contributed by atoms with Gasteiger partial charge in [0.05, 0.1) is 31.4 Å². The van der Waals surface area contributed by atoms with Crippen molar-refractivity contribution in [2.75, 3.05) is 26.4 Å². The fraction of sp³-hybridized carbons (Fsp3) is 0.355. The second-order valence-electron chi connectivity index (χ2n) is 9.69. The van der Waals surface area contributed by atoms with Crippen molar-refractivity contribution in [3.05, 3.63) is 71.8 Å². The molecule has 0 aliphatic heterocycles. The van der Waals surface area contributed by atoms with E-state index >= 15 is 0 Å². The molecule has 0 saturated carbocycles. The lowest BCUT2D eigenvalue weighted by molar-refractivity contribution is -0.150. The van der Waals surface area contributed by atoms with Crippen molar-refractivity contribution < 1.29 is 47.4 Å². The van der Waals surface area contributed by atoms with E-state index in [4.69, 9.17) is 18.5 Å². The summed E-state index contributed by atoms with van der Waals surface area (Å²) in [5.74, 6) is -2.56. The van der Waals surface area contributed by atoms with Crippen molar-refractivity contribution >= 4 is 42.0 Å². The molecule has 12 heteroatoms. The quantitative estimate of drug-likeness (QED) is 0.123. The molecule has 11 nitrogen and oxygen atoms in total. The first-order valence-corrected chi connectivity index (χ1v) is 15.5. The Hall–Kier alpha value is -4.21. The van der Waals surface area contributed by atoms with Crippen molar-refractivity contribution in [2.45, 2.75) is 45.6 Å². The first-order valence-electron chi connectivity index (χ1n) is 13.8. The molecule has 0 saturated heterocycles. The Labute approximate surface area is 250 Å². The number of ketones is 1. The van der Waals surface area contributed by atoms with Crippen molar-refractivity contribution in [2.24, 2.45) is 0 Å². The van der Waals surface area contributed by atoms with Crippen molar-refractivity contribution in [1.29, 1.82) is 0 Å². The molecule has 0 aliphatic carbocycles. The number of hydrogen-bond acceptors (Lipinski definition) is 9. The molecule has 43 heavy (non-hydrogen) atoms. The average Bonchev–Trinajstić information content (AvgIpc) is 2.98. The number of carboxylic acids is 1. The second kappa shape index (κ2) is 15.3. The summed E-state index contributed by atoms with van der Waals surface area (Å²) in [6.07, 6.45) is -1.69. The van der Waals surface area contributed by atoms with E-state index in [1.165, 1.54) is 14.0 Å². The van der Waals surface area contributed by atoms with Crippen LogP contribution in [0.3, 0.4) is 0 Å². The zero-order chi connectivity index (χ0) is 31.6. The number of rotatable bonds is 16. The summed E-state index contributed by atoms with van der Waals surface area (Å²) in [4.78, 5) is 49.4. The summed E-state index contributed by atoms with van der Waals surface area (Å²) < 4.78 is 35.0. The molecule has 0 bridgehead atoms. The van der Waals surface area contributed by atoms with Gasteiger partial charge in [0.15, 0.2) is 11.9 Å². The third-order valence-corrected chi connectivity index (χ3v) is 8.48. The van der Waals surface area contributed by atoms with Crippen molar-refractivity contribution in [1.82, 2.24) is 5.32 Å². The highest BCUT2D eigenvalue weighted by molar-refractivity contribution is 7.54. The Balaban J connectivity index is 1.66. The Bertz CT molecular complexity index is 1510. The summed E-state index contributed by atoms with van der Waals surface area (Å²) in [5.41, 5.74) is 0.890. The fourth-order valence-electron chi connectivity index (χ4n) is 4.28. The van der Waals surface area contributed by atoms with Crippen LogP contribution < -0.4 is 14.6 Å². The monoisotopic (exact) mass is 613 g/mol. The van der Waals surface area contributed by atoms with E-state index in [1.807, 2.05) is 0 Å². The van der Waals surface area contributed by atoms with Crippen LogP contribution in [-0.4, -0.2) is 61.3 Å². The standard InChI is InChI=1S/C31H36NO10P/c1-5-40-31(37)21(3)41-43(38,42-24-9-7-6-8-10-24)18-17-32-28(34)16-14-26(33)29-25-13-11-22(20(2)30(35)36)19-23(25)12-15-27(29)39-4/h6-13,15,19-21H,5,14,16-18H2,1-4H3,(H,32,34)(H,35,36)/t20-,21-,43?/m1/s1. The number of para-hydroxylation sites is 1. The van der Waals surface area contributed by atoms with Crippen molar-refractivity contribution in [3.63, 3.8) is 0 Å². The van der Waals surface area contributed by atoms with Gasteiger partial charge in [-0.1, -0.05) is 42.5 Å². The van der Waals surface area contributed by atoms with Crippen LogP contribution in [0.2, 0.25) is 0 Å². The Kier molecular flexibility index (Phi) is 11.9. The Morgan fingerprint density at radius 1 is 0.977 bits per heavy atom. The van der Waals surface area contributed by atoms with Gasteiger partial charge in [-0.15, -0.1) is 0 Å². The predicted molar refractivity (Wildman–Crippen MR) is 160 cm³/mol. The first kappa shape index (κ1) is 33.3. The molecule has 3 atom stereocenters. The molecule has 3 aromatic rings. The molecule has 0 fully saturated rings. The van der Waals surface area contributed by atoms with E-state index in [2.05, 4.69) is 5.32 Å². The maximum atomic E-state index is 13.5. The molecule has 3 rings (SSSR count). The summed E-state index contributed by atoms with van der Waals surface area (Å²) in [5, 5.41) is 13.2. The molecule has 0 aliphatic rings. The minimum Gasteiger partial charge on any atom is -0.496 e. The Morgan fingerprint density at radius 2 is 1.70 bits per heavy atom. The van der Waals surface area contributed by atoms with Gasteiger partial charge in [-0.25, -0.2) is 9.36 Å². The van der Waals surface area contributed by atoms with Gasteiger partial charge in [-0.3, -0.25) is 18.9 Å². The van der Waals surface area contributed by atoms with E-state index in [9.17, 15) is 28.8 Å². The number of methoxy groups -OCH3 is 1. The smallest absolute Gasteiger partial charge is 0.381 e. The average molecular weight is 614 g/mol. The normalized spacial score (nSPS) is 13.8. The number of ether oxygens (including phenoxy) is 2. The number of fused-ring (bicyclic) bond motifs is 1. The van der Waals surface area contributed by atoms with Gasteiger partial charge in [-0.2, -0.15) is 0 Å². The number of esters is 1. The molecule has 0 heterocycles. The van der Waals surface area contributed by atoms with E-state index in [0.717, 1.165) is 0 Å². The highest BCUT2D eigenvalue weighted by atomic mass is 31.2. The van der Waals surface area contributed by atoms with Gasteiger partial charge in [-0.05, 0) is 55.3 Å². The van der Waals surface area contributed by atoms with Gasteiger partial charge < -0.3 is 24.4 Å². The molecule has 1 amide bonds. The number of benzene rings is 3. The molecule has 3 aromatic carbocycles. The highest BCUT2D eigenvalue weighted by Gasteiger charge is 2.32. The third-order valence-electron chi connectivity index (χ3n) is 6.59. The minimum atomic E-state index is -3.91. The number of amides is 1. The lowest BCUT2D eigenvalue weighted by Crippen LogP contribution is -2.29. The largest absolute Gasteiger partial charge is 0.496 e. The zero-order valence-corrected chi connectivity index (χ0v) is 25.4. The third kappa shape index (κ3) is 9.14. The van der Waals surface area contributed by atoms with Gasteiger partial charge in [0, 0.05) is 19.4 Å². The lowest BCUT2D eigenvalue weighted by atomic mass is 9.93. The molecule has 230 valence electrons. The maximum absolute atomic E-state index is 13.5. The van der Waals surface area contributed by atoms with E-state index in [1.54, 1.807) is 74.5 Å². The number of nitrogens with one attached hydrogen (secondary N) is 1. The Morgan fingerprint density at radius 3 is 2.35 bits per heavy atom. The SMILES string of the molecule is CCOC(=O)[C@@H](C)OP(=O)(CCNC(=O)CCC(=O)c1c(OC)ccc2cc([C@@H](C)C(=O)O)ccc12)Oc1ccccc1. The summed E-state index contributed by atoms with van der Waals surface area (Å²) >= 11 is 0. The number of carbonyl (C=O) groups excluding carboxylic acids is 3. The molecule has 0 spiro atoms. The molecular formula is C31H36NO10P. The maximum Gasteiger partial charge on any atom is 0.381 e. The van der Waals surface area contributed by atoms with Gasteiger partial charge in [0.2, 0.25) is 5.91 Å². The van der Waals surface area contributed by atoms with Crippen LogP contribution in [0, 0.1) is 0 Å². The number of hydrogen-bond donors (Lipinski definition) is 2. The van der Waals surface area contributed by atoms with Crippen LogP contribution in [0.15, 0.2) is 60.7 Å². The zero-order valence-electron chi connectivity index (χ0n) is 24.5. The van der Waals surface area contributed by atoms with Crippen molar-refractivity contribution in [3.8, 4) is 11.5 Å². The van der Waals surface area contributed by atoms with Gasteiger partial charge in [0.25, 0.3) is 0 Å². The predicted octanol–water partition coefficient (Wildman–Crippen LogP) is 5.36. The molecule has 0 radical (unpaired) electrons. The second-order valence-corrected chi connectivity index (χ2v) is 11.8. The van der Waals surface area contributed by atoms with Crippen LogP contribution in [0.4, 0.5) is 0 Å². The van der Waals surface area contributed by atoms with Gasteiger partial charge in [0.1, 0.15) is 11.5 Å². The lowest BCUT2D eigenvalue weighted by Gasteiger charge is -2.22. The number of aliphatic carboxylic acids is 1. The van der Waals surface area contributed by atoms with Crippen LogP contribution in [-0.2, 0) is 28.2 Å². The van der Waals surface area contributed by atoms with Crippen LogP contribution in [0.5, 0.6) is 11.5 Å². The molecule has 1 unspecified atom stereocenters. The topological polar surface area (TPSA) is 155 Å².